The second-order valence-corrected chi connectivity index (χ2v) is 4.70. The molecule has 0 amide bonds. The number of rotatable bonds is 7. The normalized spacial score (nSPS) is 12.3. The van der Waals surface area contributed by atoms with E-state index in [0.29, 0.717) is 0 Å². The fourth-order valence-electron chi connectivity index (χ4n) is 1.40. The molecule has 0 saturated carbocycles. The molecule has 1 unspecified atom stereocenters. The van der Waals surface area contributed by atoms with E-state index in [4.69, 9.17) is 5.11 Å². The highest BCUT2D eigenvalue weighted by atomic mass is 32.2. The third-order valence-corrected chi connectivity index (χ3v) is 3.35. The van der Waals surface area contributed by atoms with Crippen molar-refractivity contribution in [3.63, 3.8) is 0 Å². The first-order valence-electron chi connectivity index (χ1n) is 5.29. The first kappa shape index (κ1) is 13.1. The summed E-state index contributed by atoms with van der Waals surface area (Å²) < 4.78 is 0. The predicted molar refractivity (Wildman–Crippen MR) is 66.9 cm³/mol. The van der Waals surface area contributed by atoms with Crippen LogP contribution in [0.3, 0.4) is 0 Å². The average Bonchev–Trinajstić information content (AvgIpc) is 2.28. The van der Waals surface area contributed by atoms with Crippen LogP contribution in [0.2, 0.25) is 0 Å². The molecule has 88 valence electrons. The zero-order valence-electron chi connectivity index (χ0n) is 9.35. The Morgan fingerprint density at radius 2 is 2.12 bits per heavy atom. The third-order valence-electron chi connectivity index (χ3n) is 2.31. The van der Waals surface area contributed by atoms with Gasteiger partial charge in [-0.05, 0) is 31.4 Å². The van der Waals surface area contributed by atoms with E-state index in [-0.39, 0.29) is 12.5 Å². The number of aliphatic carboxylic acids is 1. The molecule has 1 atom stereocenters. The molecule has 0 fully saturated rings. The molecule has 0 heterocycles. The molecule has 2 N–H and O–H groups in total. The van der Waals surface area contributed by atoms with Gasteiger partial charge in [-0.2, -0.15) is 0 Å². The number of thioether (sulfide) groups is 1. The third kappa shape index (κ3) is 5.19. The van der Waals surface area contributed by atoms with Crippen molar-refractivity contribution in [3.8, 4) is 0 Å². The van der Waals surface area contributed by atoms with Gasteiger partial charge < -0.3 is 10.4 Å². The second kappa shape index (κ2) is 7.30. The molecule has 1 aromatic rings. The van der Waals surface area contributed by atoms with Crippen molar-refractivity contribution < 1.29 is 9.90 Å². The minimum atomic E-state index is -0.746. The molecule has 0 saturated heterocycles. The molecule has 0 radical (unpaired) electrons. The van der Waals surface area contributed by atoms with Crippen molar-refractivity contribution in [1.82, 2.24) is 5.32 Å². The largest absolute Gasteiger partial charge is 0.481 e. The maximum Gasteiger partial charge on any atom is 0.304 e. The Labute approximate surface area is 100 Å². The summed E-state index contributed by atoms with van der Waals surface area (Å²) in [5.74, 6) is 0.187. The van der Waals surface area contributed by atoms with Gasteiger partial charge in [-0.25, -0.2) is 0 Å². The summed E-state index contributed by atoms with van der Waals surface area (Å²) in [6, 6.07) is 10.2. The molecule has 0 aromatic heterocycles. The molecular weight excluding hydrogens is 222 g/mol. The van der Waals surface area contributed by atoms with Crippen molar-refractivity contribution in [3.05, 3.63) is 30.3 Å². The zero-order valence-corrected chi connectivity index (χ0v) is 10.2. The Morgan fingerprint density at radius 3 is 2.69 bits per heavy atom. The van der Waals surface area contributed by atoms with Gasteiger partial charge in [0.15, 0.2) is 0 Å². The lowest BCUT2D eigenvalue weighted by molar-refractivity contribution is -0.137. The molecule has 16 heavy (non-hydrogen) atoms. The summed E-state index contributed by atoms with van der Waals surface area (Å²) in [4.78, 5) is 11.8. The van der Waals surface area contributed by atoms with Gasteiger partial charge in [0, 0.05) is 10.9 Å². The summed E-state index contributed by atoms with van der Waals surface area (Å²) in [5, 5.41) is 11.7. The molecule has 1 rings (SSSR count). The standard InChI is InChI=1S/C12H17NO2S/c1-13-10(9-12(14)15)7-8-16-11-5-3-2-4-6-11/h2-6,10,13H,7-9H2,1H3,(H,14,15). The van der Waals surface area contributed by atoms with Crippen LogP contribution in [0.1, 0.15) is 12.8 Å². The Bertz CT molecular complexity index is 316. The first-order valence-corrected chi connectivity index (χ1v) is 6.28. The molecule has 3 nitrogen and oxygen atoms in total. The molecule has 0 aliphatic rings. The summed E-state index contributed by atoms with van der Waals surface area (Å²) in [7, 11) is 1.81. The monoisotopic (exact) mass is 239 g/mol. The van der Waals surface area contributed by atoms with Crippen molar-refractivity contribution in [2.75, 3.05) is 12.8 Å². The Kier molecular flexibility index (Phi) is 5.96. The van der Waals surface area contributed by atoms with Gasteiger partial charge in [0.1, 0.15) is 0 Å². The van der Waals surface area contributed by atoms with E-state index in [2.05, 4.69) is 17.4 Å². The zero-order chi connectivity index (χ0) is 11.8. The highest BCUT2D eigenvalue weighted by Gasteiger charge is 2.10. The molecule has 0 aliphatic carbocycles. The number of carboxylic acid groups (broad SMARTS) is 1. The van der Waals surface area contributed by atoms with Crippen molar-refractivity contribution in [2.45, 2.75) is 23.8 Å². The average molecular weight is 239 g/mol. The van der Waals surface area contributed by atoms with Crippen LogP contribution < -0.4 is 5.32 Å². The van der Waals surface area contributed by atoms with Crippen LogP contribution in [-0.4, -0.2) is 29.9 Å². The van der Waals surface area contributed by atoms with E-state index < -0.39 is 5.97 Å². The number of carboxylic acids is 1. The second-order valence-electron chi connectivity index (χ2n) is 3.53. The van der Waals surface area contributed by atoms with Crippen LogP contribution in [0.25, 0.3) is 0 Å². The smallest absolute Gasteiger partial charge is 0.304 e. The van der Waals surface area contributed by atoms with Gasteiger partial charge in [0.25, 0.3) is 0 Å². The number of nitrogens with one attached hydrogen (secondary N) is 1. The maximum atomic E-state index is 10.6. The van der Waals surface area contributed by atoms with Crippen LogP contribution in [-0.2, 0) is 4.79 Å². The lowest BCUT2D eigenvalue weighted by Crippen LogP contribution is -2.28. The van der Waals surface area contributed by atoms with Crippen LogP contribution in [0.5, 0.6) is 0 Å². The SMILES string of the molecule is CNC(CCSc1ccccc1)CC(=O)O. The minimum absolute atomic E-state index is 0.0636. The fourth-order valence-corrected chi connectivity index (χ4v) is 2.38. The van der Waals surface area contributed by atoms with E-state index in [1.165, 1.54) is 4.90 Å². The quantitative estimate of drug-likeness (QED) is 0.716. The van der Waals surface area contributed by atoms with Crippen molar-refractivity contribution in [2.24, 2.45) is 0 Å². The summed E-state index contributed by atoms with van der Waals surface area (Å²) in [6.07, 6.45) is 1.05. The van der Waals surface area contributed by atoms with E-state index in [1.54, 1.807) is 18.8 Å². The van der Waals surface area contributed by atoms with Gasteiger partial charge in [-0.1, -0.05) is 18.2 Å². The molecular formula is C12H17NO2S. The van der Waals surface area contributed by atoms with E-state index in [9.17, 15) is 4.79 Å². The lowest BCUT2D eigenvalue weighted by atomic mass is 10.1. The molecule has 0 aliphatic heterocycles. The van der Waals surface area contributed by atoms with Gasteiger partial charge >= 0.3 is 5.97 Å². The van der Waals surface area contributed by atoms with Gasteiger partial charge in [-0.3, -0.25) is 4.79 Å². The molecule has 4 heteroatoms. The molecule has 0 spiro atoms. The Hall–Kier alpha value is -1.00. The van der Waals surface area contributed by atoms with E-state index >= 15 is 0 Å². The van der Waals surface area contributed by atoms with Crippen LogP contribution in [0.15, 0.2) is 35.2 Å². The fraction of sp³-hybridized carbons (Fsp3) is 0.417. The maximum absolute atomic E-state index is 10.6. The van der Waals surface area contributed by atoms with Crippen LogP contribution >= 0.6 is 11.8 Å². The van der Waals surface area contributed by atoms with Gasteiger partial charge in [-0.15, -0.1) is 11.8 Å². The highest BCUT2D eigenvalue weighted by molar-refractivity contribution is 7.99. The van der Waals surface area contributed by atoms with Gasteiger partial charge in [0.2, 0.25) is 0 Å². The van der Waals surface area contributed by atoms with E-state index in [0.717, 1.165) is 12.2 Å². The molecule has 0 bridgehead atoms. The summed E-state index contributed by atoms with van der Waals surface area (Å²) >= 11 is 1.76. The number of carbonyl (C=O) groups is 1. The first-order chi connectivity index (χ1) is 7.72. The highest BCUT2D eigenvalue weighted by Crippen LogP contribution is 2.18. The molecule has 1 aromatic carbocycles. The van der Waals surface area contributed by atoms with E-state index in [1.807, 2.05) is 18.2 Å². The summed E-state index contributed by atoms with van der Waals surface area (Å²) in [6.45, 7) is 0. The van der Waals surface area contributed by atoms with Crippen molar-refractivity contribution >= 4 is 17.7 Å². The minimum Gasteiger partial charge on any atom is -0.481 e. The Balaban J connectivity index is 2.26. The predicted octanol–water partition coefficient (Wildman–Crippen LogP) is 2.23. The topological polar surface area (TPSA) is 49.3 Å². The van der Waals surface area contributed by atoms with Crippen molar-refractivity contribution in [1.29, 1.82) is 0 Å². The van der Waals surface area contributed by atoms with Crippen LogP contribution in [0.4, 0.5) is 0 Å². The Morgan fingerprint density at radius 1 is 1.44 bits per heavy atom. The van der Waals surface area contributed by atoms with Gasteiger partial charge in [0.05, 0.1) is 6.42 Å². The number of hydrogen-bond acceptors (Lipinski definition) is 3. The van der Waals surface area contributed by atoms with Crippen LogP contribution in [0, 0.1) is 0 Å². The lowest BCUT2D eigenvalue weighted by Gasteiger charge is -2.12. The summed E-state index contributed by atoms with van der Waals surface area (Å²) in [5.41, 5.74) is 0. The number of hydrogen-bond donors (Lipinski definition) is 2. The number of benzene rings is 1.